The minimum atomic E-state index is -0.261. The van der Waals surface area contributed by atoms with Crippen LogP contribution in [-0.4, -0.2) is 46.9 Å². The maximum Gasteiger partial charge on any atom is 0.227 e. The van der Waals surface area contributed by atoms with Gasteiger partial charge in [-0.05, 0) is 23.3 Å². The Hall–Kier alpha value is -1.95. The molecule has 2 N–H and O–H groups in total. The number of carbonyl (C=O) groups excluding carboxylic acids is 1. The Morgan fingerprint density at radius 3 is 2.31 bits per heavy atom. The van der Waals surface area contributed by atoms with Gasteiger partial charge >= 0.3 is 0 Å². The van der Waals surface area contributed by atoms with Crippen LogP contribution in [0.5, 0.6) is 0 Å². The summed E-state index contributed by atoms with van der Waals surface area (Å²) in [4.78, 5) is 21.2. The van der Waals surface area contributed by atoms with Gasteiger partial charge in [-0.25, -0.2) is 0 Å². The monoisotopic (exact) mass is 374 g/mol. The van der Waals surface area contributed by atoms with Crippen molar-refractivity contribution in [3.8, 4) is 0 Å². The molecule has 0 saturated carbocycles. The van der Waals surface area contributed by atoms with Crippen molar-refractivity contribution in [2.45, 2.75) is 19.5 Å². The summed E-state index contributed by atoms with van der Waals surface area (Å²) >= 11 is 0. The number of piperazine rings is 1. The highest BCUT2D eigenvalue weighted by atomic mass is 35.5. The molecule has 1 saturated heterocycles. The number of hydrogen-bond acceptors (Lipinski definition) is 4. The molecular weight excluding hydrogens is 348 g/mol. The molecule has 2 heterocycles. The van der Waals surface area contributed by atoms with Crippen LogP contribution in [0.4, 0.5) is 0 Å². The van der Waals surface area contributed by atoms with Crippen LogP contribution >= 0.6 is 12.4 Å². The lowest BCUT2D eigenvalue weighted by Gasteiger charge is -2.36. The molecule has 1 amide bonds. The molecule has 1 fully saturated rings. The Morgan fingerprint density at radius 1 is 1.08 bits per heavy atom. The zero-order chi connectivity index (χ0) is 17.6. The lowest BCUT2D eigenvalue weighted by Crippen LogP contribution is -2.50. The maximum atomic E-state index is 12.8. The molecular formula is C20H27ClN4O. The van der Waals surface area contributed by atoms with Gasteiger partial charge in [-0.1, -0.05) is 37.3 Å². The van der Waals surface area contributed by atoms with Crippen LogP contribution < -0.4 is 5.73 Å². The number of benzene rings is 1. The first kappa shape index (κ1) is 20.4. The molecule has 0 radical (unpaired) electrons. The third-order valence-corrected chi connectivity index (χ3v) is 4.95. The first-order valence-corrected chi connectivity index (χ1v) is 8.85. The Kier molecular flexibility index (Phi) is 7.57. The van der Waals surface area contributed by atoms with Gasteiger partial charge in [0, 0.05) is 51.2 Å². The molecule has 1 aliphatic rings. The van der Waals surface area contributed by atoms with E-state index in [1.54, 1.807) is 0 Å². The summed E-state index contributed by atoms with van der Waals surface area (Å²) in [6.07, 6.45) is 3.64. The molecule has 1 aliphatic heterocycles. The number of hydrogen-bond donors (Lipinski definition) is 1. The third kappa shape index (κ3) is 5.04. The average Bonchev–Trinajstić information content (AvgIpc) is 2.68. The van der Waals surface area contributed by atoms with E-state index in [0.29, 0.717) is 0 Å². The Bertz CT molecular complexity index is 675. The van der Waals surface area contributed by atoms with Crippen molar-refractivity contribution in [1.29, 1.82) is 0 Å². The van der Waals surface area contributed by atoms with Gasteiger partial charge in [0.25, 0.3) is 0 Å². The van der Waals surface area contributed by atoms with Gasteiger partial charge in [0.2, 0.25) is 5.91 Å². The molecule has 0 spiro atoms. The van der Waals surface area contributed by atoms with Gasteiger partial charge in [-0.15, -0.1) is 12.4 Å². The fraction of sp³-hybridized carbons (Fsp3) is 0.400. The molecule has 0 aliphatic carbocycles. The van der Waals surface area contributed by atoms with Gasteiger partial charge in [-0.3, -0.25) is 14.7 Å². The number of nitrogens with zero attached hydrogens (tertiary/aromatic N) is 3. The van der Waals surface area contributed by atoms with E-state index in [1.165, 1.54) is 5.56 Å². The van der Waals surface area contributed by atoms with Gasteiger partial charge in [-0.2, -0.15) is 0 Å². The fourth-order valence-electron chi connectivity index (χ4n) is 3.28. The molecule has 2 unspecified atom stereocenters. The third-order valence-electron chi connectivity index (χ3n) is 4.95. The van der Waals surface area contributed by atoms with Crippen LogP contribution in [0.1, 0.15) is 24.1 Å². The molecule has 140 valence electrons. The Balaban J connectivity index is 0.00000243. The van der Waals surface area contributed by atoms with Crippen LogP contribution in [0, 0.1) is 5.92 Å². The van der Waals surface area contributed by atoms with Crippen LogP contribution in [-0.2, 0) is 11.3 Å². The first-order valence-electron chi connectivity index (χ1n) is 8.85. The second kappa shape index (κ2) is 9.67. The minimum Gasteiger partial charge on any atom is -0.340 e. The predicted octanol–water partition coefficient (Wildman–Crippen LogP) is 2.48. The van der Waals surface area contributed by atoms with Gasteiger partial charge in [0.1, 0.15) is 0 Å². The zero-order valence-corrected chi connectivity index (χ0v) is 15.9. The van der Waals surface area contributed by atoms with Crippen molar-refractivity contribution in [1.82, 2.24) is 14.8 Å². The molecule has 26 heavy (non-hydrogen) atoms. The van der Waals surface area contributed by atoms with Crippen LogP contribution in [0.3, 0.4) is 0 Å². The van der Waals surface area contributed by atoms with Gasteiger partial charge < -0.3 is 10.6 Å². The van der Waals surface area contributed by atoms with Crippen LogP contribution in [0.15, 0.2) is 54.9 Å². The maximum absolute atomic E-state index is 12.8. The summed E-state index contributed by atoms with van der Waals surface area (Å²) in [5.41, 5.74) is 8.58. The molecule has 3 rings (SSSR count). The number of rotatable bonds is 5. The summed E-state index contributed by atoms with van der Waals surface area (Å²) in [7, 11) is 0. The van der Waals surface area contributed by atoms with Crippen molar-refractivity contribution >= 4 is 18.3 Å². The predicted molar refractivity (Wildman–Crippen MR) is 106 cm³/mol. The quantitative estimate of drug-likeness (QED) is 0.873. The van der Waals surface area contributed by atoms with E-state index in [4.69, 9.17) is 5.73 Å². The van der Waals surface area contributed by atoms with Crippen LogP contribution in [0.25, 0.3) is 0 Å². The molecule has 1 aromatic heterocycles. The van der Waals surface area contributed by atoms with Crippen molar-refractivity contribution in [3.63, 3.8) is 0 Å². The van der Waals surface area contributed by atoms with Crippen molar-refractivity contribution < 1.29 is 4.79 Å². The van der Waals surface area contributed by atoms with Gasteiger partial charge in [0.15, 0.2) is 0 Å². The largest absolute Gasteiger partial charge is 0.340 e. The zero-order valence-electron chi connectivity index (χ0n) is 15.1. The Labute approximate surface area is 161 Å². The average molecular weight is 375 g/mol. The highest BCUT2D eigenvalue weighted by molar-refractivity contribution is 5.85. The summed E-state index contributed by atoms with van der Waals surface area (Å²) < 4.78 is 0. The van der Waals surface area contributed by atoms with E-state index in [0.717, 1.165) is 38.3 Å². The van der Waals surface area contributed by atoms with E-state index in [2.05, 4.69) is 9.88 Å². The standard InChI is InChI=1S/C20H26N4O.ClH/c1-16(19(21)18-5-3-2-4-6-18)20(25)24-13-11-23(12-14-24)15-17-7-9-22-10-8-17;/h2-10,16,19H,11-15,21H2,1H3;1H. The van der Waals surface area contributed by atoms with Crippen molar-refractivity contribution in [3.05, 3.63) is 66.0 Å². The number of halogens is 1. The highest BCUT2D eigenvalue weighted by Crippen LogP contribution is 2.22. The molecule has 6 heteroatoms. The van der Waals surface area contributed by atoms with E-state index < -0.39 is 0 Å². The molecule has 5 nitrogen and oxygen atoms in total. The number of pyridine rings is 1. The summed E-state index contributed by atoms with van der Waals surface area (Å²) in [5.74, 6) is -0.0611. The van der Waals surface area contributed by atoms with E-state index in [1.807, 2.05) is 66.7 Å². The summed E-state index contributed by atoms with van der Waals surface area (Å²) in [5, 5.41) is 0. The fourth-order valence-corrected chi connectivity index (χ4v) is 3.28. The second-order valence-corrected chi connectivity index (χ2v) is 6.68. The van der Waals surface area contributed by atoms with E-state index in [9.17, 15) is 4.79 Å². The second-order valence-electron chi connectivity index (χ2n) is 6.68. The van der Waals surface area contributed by atoms with Crippen LogP contribution in [0.2, 0.25) is 0 Å². The topological polar surface area (TPSA) is 62.5 Å². The number of carbonyl (C=O) groups is 1. The van der Waals surface area contributed by atoms with E-state index >= 15 is 0 Å². The van der Waals surface area contributed by atoms with Crippen molar-refractivity contribution in [2.75, 3.05) is 26.2 Å². The SMILES string of the molecule is CC(C(=O)N1CCN(Cc2ccncc2)CC1)C(N)c1ccccc1.Cl. The number of nitrogens with two attached hydrogens (primary N) is 1. The smallest absolute Gasteiger partial charge is 0.227 e. The molecule has 1 aromatic carbocycles. The number of amides is 1. The highest BCUT2D eigenvalue weighted by Gasteiger charge is 2.28. The molecule has 2 aromatic rings. The van der Waals surface area contributed by atoms with Crippen molar-refractivity contribution in [2.24, 2.45) is 11.7 Å². The minimum absolute atomic E-state index is 0. The molecule has 2 atom stereocenters. The molecule has 0 bridgehead atoms. The summed E-state index contributed by atoms with van der Waals surface area (Å²) in [6.45, 7) is 6.14. The lowest BCUT2D eigenvalue weighted by atomic mass is 9.94. The summed E-state index contributed by atoms with van der Waals surface area (Å²) in [6, 6.07) is 13.7. The number of aromatic nitrogens is 1. The van der Waals surface area contributed by atoms with E-state index in [-0.39, 0.29) is 30.3 Å². The normalized spacial score (nSPS) is 17.2. The first-order chi connectivity index (χ1) is 12.1. The Morgan fingerprint density at radius 2 is 1.69 bits per heavy atom. The van der Waals surface area contributed by atoms with Gasteiger partial charge in [0.05, 0.1) is 5.92 Å². The lowest BCUT2D eigenvalue weighted by molar-refractivity contribution is -0.137.